The predicted octanol–water partition coefficient (Wildman–Crippen LogP) is 5.95. The monoisotopic (exact) mass is 381 g/mol. The second-order valence-corrected chi connectivity index (χ2v) is 7.55. The van der Waals surface area contributed by atoms with Gasteiger partial charge in [0.05, 0.1) is 6.61 Å². The quantitative estimate of drug-likeness (QED) is 0.171. The van der Waals surface area contributed by atoms with Crippen molar-refractivity contribution in [2.45, 2.75) is 104 Å². The van der Waals surface area contributed by atoms with E-state index in [1.807, 2.05) is 0 Å². The first kappa shape index (κ1) is 25.7. The van der Waals surface area contributed by atoms with Crippen molar-refractivity contribution < 1.29 is 14.3 Å². The molecule has 0 aromatic rings. The van der Waals surface area contributed by atoms with E-state index in [9.17, 15) is 9.59 Å². The highest BCUT2D eigenvalue weighted by Gasteiger charge is 2.12. The second-order valence-electron chi connectivity index (χ2n) is 7.55. The van der Waals surface area contributed by atoms with E-state index in [1.54, 1.807) is 0 Å². The van der Waals surface area contributed by atoms with Crippen molar-refractivity contribution in [3.8, 4) is 0 Å². The molecule has 0 aliphatic carbocycles. The van der Waals surface area contributed by atoms with Crippen molar-refractivity contribution in [3.05, 3.63) is 12.7 Å². The van der Waals surface area contributed by atoms with Gasteiger partial charge in [-0.1, -0.05) is 78.2 Å². The Kier molecular flexibility index (Phi) is 18.5. The number of ether oxygens (including phenoxy) is 1. The van der Waals surface area contributed by atoms with Crippen LogP contribution in [0.15, 0.2) is 12.7 Å². The molecule has 27 heavy (non-hydrogen) atoms. The van der Waals surface area contributed by atoms with Gasteiger partial charge in [-0.05, 0) is 37.7 Å². The highest BCUT2D eigenvalue weighted by Crippen LogP contribution is 2.19. The summed E-state index contributed by atoms with van der Waals surface area (Å²) in [5, 5.41) is 2.74. The van der Waals surface area contributed by atoms with Crippen molar-refractivity contribution in [2.75, 3.05) is 13.2 Å². The van der Waals surface area contributed by atoms with Crippen LogP contribution in [0.3, 0.4) is 0 Å². The number of esters is 1. The van der Waals surface area contributed by atoms with Crippen LogP contribution in [-0.2, 0) is 14.3 Å². The average molecular weight is 382 g/mol. The highest BCUT2D eigenvalue weighted by molar-refractivity contribution is 5.86. The molecule has 4 nitrogen and oxygen atoms in total. The van der Waals surface area contributed by atoms with Gasteiger partial charge in [-0.25, -0.2) is 0 Å². The molecule has 0 rings (SSSR count). The Bertz CT molecular complexity index is 370. The molecular formula is C23H43NO3. The van der Waals surface area contributed by atoms with E-state index < -0.39 is 0 Å². The molecular weight excluding hydrogens is 338 g/mol. The molecule has 0 aliphatic rings. The number of carbonyl (C=O) groups is 2. The van der Waals surface area contributed by atoms with Crippen molar-refractivity contribution in [2.24, 2.45) is 5.92 Å². The minimum atomic E-state index is -0.140. The van der Waals surface area contributed by atoms with Crippen LogP contribution in [0.2, 0.25) is 0 Å². The van der Waals surface area contributed by atoms with Crippen molar-refractivity contribution >= 4 is 11.9 Å². The fourth-order valence-corrected chi connectivity index (χ4v) is 3.17. The molecule has 0 heterocycles. The van der Waals surface area contributed by atoms with Crippen LogP contribution in [-0.4, -0.2) is 25.0 Å². The first-order valence-electron chi connectivity index (χ1n) is 11.2. The molecule has 1 N–H and O–H groups in total. The van der Waals surface area contributed by atoms with Crippen LogP contribution in [0.5, 0.6) is 0 Å². The number of amides is 1. The summed E-state index contributed by atoms with van der Waals surface area (Å²) in [5.74, 6) is 0.312. The van der Waals surface area contributed by atoms with Gasteiger partial charge in [0.1, 0.15) is 0 Å². The summed E-state index contributed by atoms with van der Waals surface area (Å²) in [6, 6.07) is 0. The van der Waals surface area contributed by atoms with Crippen molar-refractivity contribution in [3.63, 3.8) is 0 Å². The van der Waals surface area contributed by atoms with Crippen LogP contribution in [0.4, 0.5) is 0 Å². The maximum absolute atomic E-state index is 12.0. The normalized spacial score (nSPS) is 10.8. The third-order valence-corrected chi connectivity index (χ3v) is 4.95. The van der Waals surface area contributed by atoms with E-state index in [1.165, 1.54) is 70.3 Å². The lowest BCUT2D eigenvalue weighted by Crippen LogP contribution is -2.21. The molecule has 0 saturated heterocycles. The minimum Gasteiger partial charge on any atom is -0.465 e. The first-order valence-corrected chi connectivity index (χ1v) is 11.2. The first-order chi connectivity index (χ1) is 13.1. The Hall–Kier alpha value is -1.32. The Balaban J connectivity index is 3.88. The summed E-state index contributed by atoms with van der Waals surface area (Å²) in [7, 11) is 0. The van der Waals surface area contributed by atoms with E-state index >= 15 is 0 Å². The summed E-state index contributed by atoms with van der Waals surface area (Å²) in [4.78, 5) is 23.0. The molecule has 0 radical (unpaired) electrons. The van der Waals surface area contributed by atoms with Crippen LogP contribution in [0, 0.1) is 5.92 Å². The SMILES string of the molecule is C=CC(=O)NCCCCCC(=O)OCC(CCCCCC)CCCCCC. The van der Waals surface area contributed by atoms with Gasteiger partial charge in [0.15, 0.2) is 0 Å². The van der Waals surface area contributed by atoms with Crippen molar-refractivity contribution in [1.82, 2.24) is 5.32 Å². The summed E-state index contributed by atoms with van der Waals surface area (Å²) in [6.45, 7) is 9.11. The lowest BCUT2D eigenvalue weighted by molar-refractivity contribution is -0.145. The lowest BCUT2D eigenvalue weighted by atomic mass is 9.95. The van der Waals surface area contributed by atoms with Crippen LogP contribution >= 0.6 is 0 Å². The van der Waals surface area contributed by atoms with Gasteiger partial charge in [-0.2, -0.15) is 0 Å². The molecule has 0 fully saturated rings. The second kappa shape index (κ2) is 19.4. The lowest BCUT2D eigenvalue weighted by Gasteiger charge is -2.17. The number of carbonyl (C=O) groups excluding carboxylic acids is 2. The number of hydrogen-bond acceptors (Lipinski definition) is 3. The van der Waals surface area contributed by atoms with Gasteiger partial charge in [0, 0.05) is 13.0 Å². The van der Waals surface area contributed by atoms with Gasteiger partial charge in [0.25, 0.3) is 0 Å². The molecule has 0 spiro atoms. The number of nitrogens with one attached hydrogen (secondary N) is 1. The van der Waals surface area contributed by atoms with E-state index in [-0.39, 0.29) is 11.9 Å². The van der Waals surface area contributed by atoms with E-state index in [4.69, 9.17) is 4.74 Å². The summed E-state index contributed by atoms with van der Waals surface area (Å²) < 4.78 is 5.56. The van der Waals surface area contributed by atoms with Crippen LogP contribution in [0.25, 0.3) is 0 Å². The summed E-state index contributed by atoms with van der Waals surface area (Å²) in [6.07, 6.45) is 16.9. The van der Waals surface area contributed by atoms with Crippen molar-refractivity contribution in [1.29, 1.82) is 0 Å². The maximum Gasteiger partial charge on any atom is 0.305 e. The number of hydrogen-bond donors (Lipinski definition) is 1. The Morgan fingerprint density at radius 2 is 1.48 bits per heavy atom. The largest absolute Gasteiger partial charge is 0.465 e. The molecule has 0 unspecified atom stereocenters. The fraction of sp³-hybridized carbons (Fsp3) is 0.826. The third-order valence-electron chi connectivity index (χ3n) is 4.95. The van der Waals surface area contributed by atoms with Crippen LogP contribution < -0.4 is 5.32 Å². The molecule has 0 bridgehead atoms. The highest BCUT2D eigenvalue weighted by atomic mass is 16.5. The fourth-order valence-electron chi connectivity index (χ4n) is 3.17. The minimum absolute atomic E-state index is 0.0720. The average Bonchev–Trinajstić information content (AvgIpc) is 2.68. The zero-order valence-electron chi connectivity index (χ0n) is 17.9. The van der Waals surface area contributed by atoms with Gasteiger partial charge in [-0.15, -0.1) is 0 Å². The molecule has 1 amide bonds. The zero-order valence-corrected chi connectivity index (χ0v) is 17.9. The smallest absolute Gasteiger partial charge is 0.305 e. The standard InChI is InChI=1S/C23H43NO3/c1-4-7-9-12-16-21(17-13-10-8-5-2)20-27-23(26)18-14-11-15-19-24-22(25)6-3/h6,21H,3-5,7-20H2,1-2H3,(H,24,25). The van der Waals surface area contributed by atoms with Gasteiger partial charge in [-0.3, -0.25) is 9.59 Å². The topological polar surface area (TPSA) is 55.4 Å². The van der Waals surface area contributed by atoms with Gasteiger partial charge < -0.3 is 10.1 Å². The third kappa shape index (κ3) is 17.8. The van der Waals surface area contributed by atoms with E-state index in [2.05, 4.69) is 25.7 Å². The molecule has 158 valence electrons. The molecule has 0 saturated carbocycles. The Morgan fingerprint density at radius 3 is 2.04 bits per heavy atom. The predicted molar refractivity (Wildman–Crippen MR) is 114 cm³/mol. The van der Waals surface area contributed by atoms with E-state index in [0.717, 1.165) is 19.3 Å². The molecule has 0 aromatic carbocycles. The zero-order chi connectivity index (χ0) is 20.2. The van der Waals surface area contributed by atoms with E-state index in [0.29, 0.717) is 25.5 Å². The number of unbranched alkanes of at least 4 members (excludes halogenated alkanes) is 8. The summed E-state index contributed by atoms with van der Waals surface area (Å²) >= 11 is 0. The molecule has 0 atom stereocenters. The van der Waals surface area contributed by atoms with Gasteiger partial charge in [0.2, 0.25) is 5.91 Å². The maximum atomic E-state index is 12.0. The molecule has 4 heteroatoms. The summed E-state index contributed by atoms with van der Waals surface area (Å²) in [5.41, 5.74) is 0. The van der Waals surface area contributed by atoms with Crippen LogP contribution in [0.1, 0.15) is 104 Å². The Morgan fingerprint density at radius 1 is 0.889 bits per heavy atom. The molecule has 0 aromatic heterocycles. The Labute approximate surface area is 167 Å². The van der Waals surface area contributed by atoms with Gasteiger partial charge >= 0.3 is 5.97 Å². The molecule has 0 aliphatic heterocycles. The number of rotatable bonds is 19.